The molecule has 5 nitrogen and oxygen atoms in total. The maximum Gasteiger partial charge on any atom is 0.318 e. The summed E-state index contributed by atoms with van der Waals surface area (Å²) in [4.78, 5) is 16.5. The average Bonchev–Trinajstić information content (AvgIpc) is 2.58. The number of hydrogen-bond donors (Lipinski definition) is 3. The van der Waals surface area contributed by atoms with Crippen molar-refractivity contribution in [2.24, 2.45) is 17.3 Å². The van der Waals surface area contributed by atoms with Crippen LogP contribution in [-0.2, 0) is 0 Å². The molecule has 1 heterocycles. The zero-order valence-electron chi connectivity index (χ0n) is 16.6. The normalized spacial score (nSPS) is 28.3. The Bertz CT molecular complexity index is 508. The number of hydrogen-bond acceptors (Lipinski definition) is 1. The molecule has 0 aromatic carbocycles. The number of nitrogens with one attached hydrogen (secondary N) is 2. The van der Waals surface area contributed by atoms with Crippen molar-refractivity contribution in [1.29, 1.82) is 0 Å². The lowest BCUT2D eigenvalue weighted by molar-refractivity contribution is -0.946. The minimum absolute atomic E-state index is 0.109. The van der Waals surface area contributed by atoms with Gasteiger partial charge in [-0.2, -0.15) is 0 Å². The maximum absolute atomic E-state index is 12.8. The zero-order valence-corrected chi connectivity index (χ0v) is 16.6. The van der Waals surface area contributed by atoms with E-state index in [0.29, 0.717) is 11.3 Å². The Labute approximate surface area is 153 Å². The lowest BCUT2D eigenvalue weighted by atomic mass is 9.49. The van der Waals surface area contributed by atoms with Crippen molar-refractivity contribution in [3.8, 4) is 0 Å². The molecule has 2 bridgehead atoms. The lowest BCUT2D eigenvalue weighted by Gasteiger charge is -2.57. The van der Waals surface area contributed by atoms with Crippen LogP contribution in [0.15, 0.2) is 11.6 Å². The summed E-state index contributed by atoms with van der Waals surface area (Å²) in [7, 11) is 0. The quantitative estimate of drug-likeness (QED) is 0.574. The van der Waals surface area contributed by atoms with Gasteiger partial charge in [0.05, 0.1) is 13.1 Å². The van der Waals surface area contributed by atoms with Gasteiger partial charge < -0.3 is 20.4 Å². The number of nitrogens with two attached hydrogens (primary N) is 1. The largest absolute Gasteiger partial charge is 0.337 e. The number of urea groups is 1. The van der Waals surface area contributed by atoms with E-state index in [0.717, 1.165) is 25.6 Å². The molecule has 3 aliphatic carbocycles. The topological polar surface area (TPSA) is 53.4 Å². The molecule has 2 fully saturated rings. The molecule has 0 aromatic heterocycles. The van der Waals surface area contributed by atoms with E-state index in [4.69, 9.17) is 0 Å². The summed E-state index contributed by atoms with van der Waals surface area (Å²) in [6.45, 7) is 16.5. The number of carbonyl (C=O) groups is 1. The van der Waals surface area contributed by atoms with Crippen molar-refractivity contribution in [2.75, 3.05) is 45.8 Å². The number of rotatable bonds is 6. The summed E-state index contributed by atoms with van der Waals surface area (Å²) in [5, 5.41) is 5.51. The van der Waals surface area contributed by atoms with Crippen molar-refractivity contribution >= 4 is 6.03 Å². The van der Waals surface area contributed by atoms with Crippen LogP contribution in [0.5, 0.6) is 0 Å². The Morgan fingerprint density at radius 1 is 1.40 bits per heavy atom. The van der Waals surface area contributed by atoms with Gasteiger partial charge in [-0.15, -0.1) is 0 Å². The van der Waals surface area contributed by atoms with Gasteiger partial charge in [-0.3, -0.25) is 0 Å². The first-order chi connectivity index (χ1) is 11.9. The van der Waals surface area contributed by atoms with E-state index >= 15 is 0 Å². The van der Waals surface area contributed by atoms with Gasteiger partial charge >= 0.3 is 6.03 Å². The van der Waals surface area contributed by atoms with E-state index in [-0.39, 0.29) is 12.1 Å². The fraction of sp³-hybridized carbons (Fsp3) is 0.850. The highest BCUT2D eigenvalue weighted by Crippen LogP contribution is 2.59. The van der Waals surface area contributed by atoms with E-state index in [1.807, 2.05) is 13.8 Å². The molecule has 2 amide bonds. The van der Waals surface area contributed by atoms with Crippen LogP contribution in [0.4, 0.5) is 4.79 Å². The number of piperazine rings is 1. The predicted octanol–water partition coefficient (Wildman–Crippen LogP) is -0.139. The number of carbonyl (C=O) groups excluding carboxylic acids is 1. The van der Waals surface area contributed by atoms with Crippen LogP contribution in [0, 0.1) is 17.3 Å². The number of allylic oxidation sites excluding steroid dienone is 1. The third kappa shape index (κ3) is 4.20. The van der Waals surface area contributed by atoms with Crippen LogP contribution in [0.2, 0.25) is 0 Å². The molecule has 142 valence electrons. The second kappa shape index (κ2) is 7.67. The first kappa shape index (κ1) is 18.7. The van der Waals surface area contributed by atoms with Crippen molar-refractivity contribution in [2.45, 2.75) is 46.6 Å². The van der Waals surface area contributed by atoms with Gasteiger partial charge in [0, 0.05) is 12.6 Å². The Morgan fingerprint density at radius 2 is 2.12 bits per heavy atom. The molecule has 25 heavy (non-hydrogen) atoms. The summed E-state index contributed by atoms with van der Waals surface area (Å²) in [6.07, 6.45) is 4.96. The van der Waals surface area contributed by atoms with Gasteiger partial charge in [0.25, 0.3) is 0 Å². The second-order valence-electron chi connectivity index (χ2n) is 9.21. The molecule has 0 spiro atoms. The fourth-order valence-electron chi connectivity index (χ4n) is 4.89. The summed E-state index contributed by atoms with van der Waals surface area (Å²) in [5.41, 5.74) is 1.94. The minimum Gasteiger partial charge on any atom is -0.337 e. The SMILES string of the molecule is CC(C)NC(=O)N(CC[NH+]1CC[NH2+]CC1)CC1=CC[C@H]2C[C@@H]1C2(C)C. The van der Waals surface area contributed by atoms with Crippen molar-refractivity contribution < 1.29 is 15.0 Å². The molecule has 4 aliphatic rings. The number of amides is 2. The van der Waals surface area contributed by atoms with Gasteiger partial charge in [0.1, 0.15) is 26.2 Å². The van der Waals surface area contributed by atoms with E-state index in [2.05, 4.69) is 35.5 Å². The van der Waals surface area contributed by atoms with E-state index < -0.39 is 0 Å². The first-order valence-corrected chi connectivity index (χ1v) is 10.3. The van der Waals surface area contributed by atoms with Crippen molar-refractivity contribution in [1.82, 2.24) is 10.2 Å². The van der Waals surface area contributed by atoms with Crippen LogP contribution < -0.4 is 15.5 Å². The predicted molar refractivity (Wildman–Crippen MR) is 101 cm³/mol. The molecule has 1 saturated carbocycles. The van der Waals surface area contributed by atoms with Gasteiger partial charge in [0.15, 0.2) is 0 Å². The standard InChI is InChI=1S/C20H36N4O/c1-15(2)22-19(25)24(12-11-23-9-7-21-8-10-23)14-16-5-6-17-13-18(16)20(17,3)4/h5,15,17-18,21H,6-14H2,1-4H3,(H,22,25)/p+2/t17-,18-/m0/s1. The Kier molecular flexibility index (Phi) is 5.74. The molecule has 1 saturated heterocycles. The highest BCUT2D eigenvalue weighted by Gasteiger charge is 2.51. The summed E-state index contributed by atoms with van der Waals surface area (Å²) in [5.74, 6) is 1.53. The summed E-state index contributed by atoms with van der Waals surface area (Å²) < 4.78 is 0. The molecule has 0 aromatic rings. The van der Waals surface area contributed by atoms with Crippen LogP contribution >= 0.6 is 0 Å². The molecular formula is C20H38N4O+2. The van der Waals surface area contributed by atoms with Crippen molar-refractivity contribution in [3.05, 3.63) is 11.6 Å². The van der Waals surface area contributed by atoms with Gasteiger partial charge in [-0.25, -0.2) is 4.79 Å². The van der Waals surface area contributed by atoms with Gasteiger partial charge in [-0.05, 0) is 43.9 Å². The van der Waals surface area contributed by atoms with Gasteiger partial charge in [0.2, 0.25) is 0 Å². The van der Waals surface area contributed by atoms with Crippen LogP contribution in [0.25, 0.3) is 0 Å². The van der Waals surface area contributed by atoms with Gasteiger partial charge in [-0.1, -0.05) is 25.5 Å². The van der Waals surface area contributed by atoms with Crippen LogP contribution in [0.3, 0.4) is 0 Å². The molecule has 0 radical (unpaired) electrons. The highest BCUT2D eigenvalue weighted by molar-refractivity contribution is 5.74. The monoisotopic (exact) mass is 350 g/mol. The molecule has 0 unspecified atom stereocenters. The lowest BCUT2D eigenvalue weighted by Crippen LogP contribution is -3.21. The molecule has 4 rings (SSSR count). The Balaban J connectivity index is 1.61. The Hall–Kier alpha value is -1.07. The maximum atomic E-state index is 12.8. The van der Waals surface area contributed by atoms with E-state index in [1.165, 1.54) is 44.6 Å². The highest BCUT2D eigenvalue weighted by atomic mass is 16.2. The average molecular weight is 351 g/mol. The minimum atomic E-state index is 0.109. The molecule has 5 heteroatoms. The molecule has 4 N–H and O–H groups in total. The van der Waals surface area contributed by atoms with Crippen LogP contribution in [-0.4, -0.2) is 62.8 Å². The zero-order chi connectivity index (χ0) is 18.0. The summed E-state index contributed by atoms with van der Waals surface area (Å²) >= 11 is 0. The smallest absolute Gasteiger partial charge is 0.318 e. The number of fused-ring (bicyclic) bond motifs is 1. The van der Waals surface area contributed by atoms with Crippen molar-refractivity contribution in [3.63, 3.8) is 0 Å². The molecular weight excluding hydrogens is 312 g/mol. The first-order valence-electron chi connectivity index (χ1n) is 10.3. The third-order valence-corrected chi connectivity index (χ3v) is 6.79. The fourth-order valence-corrected chi connectivity index (χ4v) is 4.89. The number of nitrogens with zero attached hydrogens (tertiary/aromatic N) is 1. The van der Waals surface area contributed by atoms with Crippen LogP contribution in [0.1, 0.15) is 40.5 Å². The second-order valence-corrected chi connectivity index (χ2v) is 9.21. The molecule has 2 atom stereocenters. The summed E-state index contributed by atoms with van der Waals surface area (Å²) in [6, 6.07) is 0.301. The van der Waals surface area contributed by atoms with E-state index in [9.17, 15) is 4.79 Å². The molecule has 1 aliphatic heterocycles. The van der Waals surface area contributed by atoms with E-state index in [1.54, 1.807) is 4.90 Å². The number of quaternary nitrogens is 2. The third-order valence-electron chi connectivity index (χ3n) is 6.79. The Morgan fingerprint density at radius 3 is 2.72 bits per heavy atom.